The fourth-order valence-corrected chi connectivity index (χ4v) is 2.49. The van der Waals surface area contributed by atoms with Crippen molar-refractivity contribution < 1.29 is 4.74 Å². The van der Waals surface area contributed by atoms with Gasteiger partial charge in [0.2, 0.25) is 0 Å². The molecule has 0 fully saturated rings. The molecule has 1 aromatic carbocycles. The van der Waals surface area contributed by atoms with Crippen LogP contribution < -0.4 is 10.3 Å². The molecule has 23 heavy (non-hydrogen) atoms. The monoisotopic (exact) mass is 309 g/mol. The van der Waals surface area contributed by atoms with Crippen molar-refractivity contribution in [3.8, 4) is 11.6 Å². The quantitative estimate of drug-likeness (QED) is 0.806. The van der Waals surface area contributed by atoms with Gasteiger partial charge in [0, 0.05) is 23.9 Å². The number of aromatic nitrogens is 3. The van der Waals surface area contributed by atoms with Crippen LogP contribution in [0.1, 0.15) is 22.4 Å². The van der Waals surface area contributed by atoms with Crippen LogP contribution in [0.15, 0.2) is 47.4 Å². The fourth-order valence-electron chi connectivity index (χ4n) is 2.49. The van der Waals surface area contributed by atoms with Crippen molar-refractivity contribution in [2.75, 3.05) is 7.11 Å². The summed E-state index contributed by atoms with van der Waals surface area (Å²) in [5.74, 6) is 1.41. The zero-order chi connectivity index (χ0) is 16.4. The minimum Gasteiger partial charge on any atom is -0.497 e. The molecule has 0 saturated heterocycles. The molecule has 0 saturated carbocycles. The zero-order valence-electron chi connectivity index (χ0n) is 13.5. The first-order valence-corrected chi connectivity index (χ1v) is 7.45. The number of nitrogens with one attached hydrogen (secondary N) is 1. The van der Waals surface area contributed by atoms with Crippen molar-refractivity contribution >= 4 is 0 Å². The summed E-state index contributed by atoms with van der Waals surface area (Å²) in [5.41, 5.74) is 3.66. The Morgan fingerprint density at radius 2 is 1.87 bits per heavy atom. The Morgan fingerprint density at radius 1 is 1.13 bits per heavy atom. The second-order valence-corrected chi connectivity index (χ2v) is 5.57. The maximum absolute atomic E-state index is 12.7. The molecule has 3 rings (SSSR count). The number of H-pyrrole nitrogens is 1. The molecular weight excluding hydrogens is 290 g/mol. The highest BCUT2D eigenvalue weighted by Gasteiger charge is 2.13. The van der Waals surface area contributed by atoms with E-state index in [1.807, 2.05) is 50.2 Å². The number of hydrogen-bond donors (Lipinski definition) is 1. The average Bonchev–Trinajstić information content (AvgIpc) is 2.84. The van der Waals surface area contributed by atoms with E-state index in [1.165, 1.54) is 4.68 Å². The van der Waals surface area contributed by atoms with E-state index in [1.54, 1.807) is 13.3 Å². The lowest BCUT2D eigenvalue weighted by molar-refractivity contribution is 0.414. The van der Waals surface area contributed by atoms with E-state index in [2.05, 4.69) is 10.1 Å². The molecular formula is C18H19N3O2. The largest absolute Gasteiger partial charge is 0.497 e. The molecule has 0 aliphatic heterocycles. The van der Waals surface area contributed by atoms with E-state index in [-0.39, 0.29) is 5.56 Å². The van der Waals surface area contributed by atoms with E-state index in [9.17, 15) is 4.79 Å². The van der Waals surface area contributed by atoms with Gasteiger partial charge in [-0.1, -0.05) is 18.2 Å². The number of ether oxygens (including phenoxy) is 1. The Hall–Kier alpha value is -2.82. The molecule has 1 N–H and O–H groups in total. The molecule has 0 radical (unpaired) electrons. The standard InChI is InChI=1S/C18H19N3O2/c1-12-4-9-17(19-11-12)21-18(22)16(13(2)20-21)10-14-5-7-15(23-3)8-6-14/h4-9,11,20H,10H2,1-3H3. The summed E-state index contributed by atoms with van der Waals surface area (Å²) in [6.07, 6.45) is 2.32. The number of hydrogen-bond acceptors (Lipinski definition) is 3. The number of nitrogens with zero attached hydrogens (tertiary/aromatic N) is 2. The third-order valence-corrected chi connectivity index (χ3v) is 3.86. The van der Waals surface area contributed by atoms with Crippen LogP contribution in [0.4, 0.5) is 0 Å². The predicted molar refractivity (Wildman–Crippen MR) is 89.5 cm³/mol. The lowest BCUT2D eigenvalue weighted by atomic mass is 10.1. The summed E-state index contributed by atoms with van der Waals surface area (Å²) in [5, 5.41) is 3.11. The van der Waals surface area contributed by atoms with Gasteiger partial charge in [-0.3, -0.25) is 9.89 Å². The molecule has 0 atom stereocenters. The summed E-state index contributed by atoms with van der Waals surface area (Å²) in [6, 6.07) is 11.5. The van der Waals surface area contributed by atoms with Gasteiger partial charge in [-0.15, -0.1) is 0 Å². The third-order valence-electron chi connectivity index (χ3n) is 3.86. The van der Waals surface area contributed by atoms with Gasteiger partial charge in [0.15, 0.2) is 5.82 Å². The van der Waals surface area contributed by atoms with Gasteiger partial charge in [0.05, 0.1) is 7.11 Å². The van der Waals surface area contributed by atoms with Gasteiger partial charge >= 0.3 is 0 Å². The lowest BCUT2D eigenvalue weighted by Gasteiger charge is -2.02. The van der Waals surface area contributed by atoms with Crippen LogP contribution in [-0.4, -0.2) is 21.9 Å². The molecule has 3 aromatic rings. The Morgan fingerprint density at radius 3 is 2.48 bits per heavy atom. The van der Waals surface area contributed by atoms with Crippen LogP contribution in [-0.2, 0) is 6.42 Å². The van der Waals surface area contributed by atoms with Gasteiger partial charge in [-0.2, -0.15) is 0 Å². The third kappa shape index (κ3) is 3.04. The van der Waals surface area contributed by atoms with Crippen LogP contribution >= 0.6 is 0 Å². The van der Waals surface area contributed by atoms with Crippen molar-refractivity contribution in [3.63, 3.8) is 0 Å². The Labute approximate surface area is 134 Å². The summed E-state index contributed by atoms with van der Waals surface area (Å²) >= 11 is 0. The van der Waals surface area contributed by atoms with Crippen LogP contribution in [0, 0.1) is 13.8 Å². The first kappa shape index (κ1) is 15.1. The van der Waals surface area contributed by atoms with Crippen molar-refractivity contribution in [1.82, 2.24) is 14.8 Å². The second kappa shape index (κ2) is 6.12. The van der Waals surface area contributed by atoms with Gasteiger partial charge in [0.25, 0.3) is 5.56 Å². The molecule has 5 nitrogen and oxygen atoms in total. The molecule has 5 heteroatoms. The highest BCUT2D eigenvalue weighted by atomic mass is 16.5. The Bertz CT molecular complexity index is 859. The van der Waals surface area contributed by atoms with Crippen molar-refractivity contribution in [2.24, 2.45) is 0 Å². The summed E-state index contributed by atoms with van der Waals surface area (Å²) < 4.78 is 6.65. The Kier molecular flexibility index (Phi) is 4.02. The van der Waals surface area contributed by atoms with Crippen LogP contribution in [0.2, 0.25) is 0 Å². The van der Waals surface area contributed by atoms with E-state index in [0.29, 0.717) is 12.2 Å². The molecule has 0 aliphatic rings. The normalized spacial score (nSPS) is 10.7. The lowest BCUT2D eigenvalue weighted by Crippen LogP contribution is -2.18. The van der Waals surface area contributed by atoms with Gasteiger partial charge in [-0.25, -0.2) is 9.67 Å². The molecule has 0 unspecified atom stereocenters. The fraction of sp³-hybridized carbons (Fsp3) is 0.222. The zero-order valence-corrected chi connectivity index (χ0v) is 13.5. The molecule has 2 aromatic heterocycles. The van der Waals surface area contributed by atoms with E-state index >= 15 is 0 Å². The van der Waals surface area contributed by atoms with E-state index < -0.39 is 0 Å². The van der Waals surface area contributed by atoms with Gasteiger partial charge < -0.3 is 4.74 Å². The minimum absolute atomic E-state index is 0.0605. The molecule has 0 bridgehead atoms. The predicted octanol–water partition coefficient (Wildman–Crippen LogP) is 2.78. The number of benzene rings is 1. The van der Waals surface area contributed by atoms with Crippen molar-refractivity contribution in [3.05, 3.63) is 75.3 Å². The smallest absolute Gasteiger partial charge is 0.276 e. The average molecular weight is 309 g/mol. The number of methoxy groups -OCH3 is 1. The second-order valence-electron chi connectivity index (χ2n) is 5.57. The first-order valence-electron chi connectivity index (χ1n) is 7.45. The van der Waals surface area contributed by atoms with Crippen molar-refractivity contribution in [2.45, 2.75) is 20.3 Å². The summed E-state index contributed by atoms with van der Waals surface area (Å²) in [7, 11) is 1.64. The number of aromatic amines is 1. The molecule has 0 spiro atoms. The number of rotatable bonds is 4. The topological polar surface area (TPSA) is 59.9 Å². The summed E-state index contributed by atoms with van der Waals surface area (Å²) in [4.78, 5) is 17.0. The van der Waals surface area contributed by atoms with Crippen LogP contribution in [0.3, 0.4) is 0 Å². The maximum atomic E-state index is 12.7. The van der Waals surface area contributed by atoms with Gasteiger partial charge in [0.1, 0.15) is 5.75 Å². The molecule has 0 aliphatic carbocycles. The molecule has 118 valence electrons. The SMILES string of the molecule is COc1ccc(Cc2c(C)[nH]n(-c3ccc(C)cn3)c2=O)cc1. The van der Waals surface area contributed by atoms with Crippen molar-refractivity contribution in [1.29, 1.82) is 0 Å². The molecule has 2 heterocycles. The van der Waals surface area contributed by atoms with E-state index in [0.717, 1.165) is 28.1 Å². The maximum Gasteiger partial charge on any atom is 0.276 e. The summed E-state index contributed by atoms with van der Waals surface area (Å²) in [6.45, 7) is 3.87. The number of aryl methyl sites for hydroxylation is 2. The molecule has 0 amide bonds. The highest BCUT2D eigenvalue weighted by molar-refractivity contribution is 5.34. The van der Waals surface area contributed by atoms with Crippen LogP contribution in [0.5, 0.6) is 5.75 Å². The number of pyridine rings is 1. The highest BCUT2D eigenvalue weighted by Crippen LogP contribution is 2.15. The first-order chi connectivity index (χ1) is 11.1. The van der Waals surface area contributed by atoms with Gasteiger partial charge in [-0.05, 0) is 43.2 Å². The van der Waals surface area contributed by atoms with Crippen LogP contribution in [0.25, 0.3) is 5.82 Å². The Balaban J connectivity index is 1.94. The minimum atomic E-state index is -0.0605. The van der Waals surface area contributed by atoms with E-state index in [4.69, 9.17) is 4.74 Å².